The highest BCUT2D eigenvalue weighted by atomic mass is 32.1. The Morgan fingerprint density at radius 3 is 3.20 bits per heavy atom. The minimum absolute atomic E-state index is 0.427. The van der Waals surface area contributed by atoms with Crippen LogP contribution in [0.15, 0.2) is 22.0 Å². The normalized spacial score (nSPS) is 24.1. The van der Waals surface area contributed by atoms with Gasteiger partial charge in [-0.3, -0.25) is 4.90 Å². The Hall–Kier alpha value is -1.24. The zero-order valence-electron chi connectivity index (χ0n) is 11.7. The Morgan fingerprint density at radius 2 is 2.45 bits per heavy atom. The van der Waals surface area contributed by atoms with Crippen molar-refractivity contribution in [1.82, 2.24) is 15.0 Å². The van der Waals surface area contributed by atoms with Crippen molar-refractivity contribution in [3.05, 3.63) is 23.4 Å². The van der Waals surface area contributed by atoms with Crippen LogP contribution in [0.2, 0.25) is 0 Å². The van der Waals surface area contributed by atoms with Crippen molar-refractivity contribution in [2.24, 2.45) is 11.7 Å². The topological polar surface area (TPSA) is 68.2 Å². The van der Waals surface area contributed by atoms with Crippen molar-refractivity contribution in [3.8, 4) is 10.7 Å². The van der Waals surface area contributed by atoms with Crippen molar-refractivity contribution in [2.75, 3.05) is 13.1 Å². The summed E-state index contributed by atoms with van der Waals surface area (Å²) in [7, 11) is 0. The monoisotopic (exact) mass is 292 g/mol. The Labute approximate surface area is 122 Å². The van der Waals surface area contributed by atoms with Crippen LogP contribution in [0, 0.1) is 5.92 Å². The van der Waals surface area contributed by atoms with Gasteiger partial charge in [-0.15, -0.1) is 11.3 Å². The molecule has 20 heavy (non-hydrogen) atoms. The molecular formula is C14H20N4OS. The Bertz CT molecular complexity index is 539. The van der Waals surface area contributed by atoms with Crippen LogP contribution in [0.1, 0.15) is 25.7 Å². The number of likely N-dealkylation sites (tertiary alicyclic amines) is 1. The summed E-state index contributed by atoms with van der Waals surface area (Å²) in [6, 6.07) is 4.42. The minimum atomic E-state index is 0.427. The fraction of sp³-hybridized carbons (Fsp3) is 0.571. The van der Waals surface area contributed by atoms with Gasteiger partial charge in [-0.25, -0.2) is 0 Å². The molecule has 2 unspecified atom stereocenters. The maximum absolute atomic E-state index is 5.89. The van der Waals surface area contributed by atoms with Crippen molar-refractivity contribution in [1.29, 1.82) is 0 Å². The summed E-state index contributed by atoms with van der Waals surface area (Å²) in [5.41, 5.74) is 5.89. The Morgan fingerprint density at radius 1 is 1.55 bits per heavy atom. The van der Waals surface area contributed by atoms with Gasteiger partial charge in [0.1, 0.15) is 0 Å². The zero-order valence-corrected chi connectivity index (χ0v) is 12.5. The van der Waals surface area contributed by atoms with Crippen molar-refractivity contribution >= 4 is 11.3 Å². The minimum Gasteiger partial charge on any atom is -0.338 e. The van der Waals surface area contributed by atoms with Crippen LogP contribution in [0.5, 0.6) is 0 Å². The maximum atomic E-state index is 5.89. The van der Waals surface area contributed by atoms with Crippen LogP contribution in [0.3, 0.4) is 0 Å². The van der Waals surface area contributed by atoms with E-state index in [1.807, 2.05) is 17.5 Å². The zero-order chi connectivity index (χ0) is 13.9. The largest absolute Gasteiger partial charge is 0.338 e. The summed E-state index contributed by atoms with van der Waals surface area (Å²) in [5, 5.41) is 6.07. The Balaban J connectivity index is 1.68. The molecule has 0 aliphatic carbocycles. The first-order chi connectivity index (χ1) is 9.76. The van der Waals surface area contributed by atoms with E-state index in [4.69, 9.17) is 10.3 Å². The van der Waals surface area contributed by atoms with Crippen molar-refractivity contribution in [2.45, 2.75) is 32.4 Å². The molecule has 1 aliphatic heterocycles. The average Bonchev–Trinajstić information content (AvgIpc) is 3.11. The van der Waals surface area contributed by atoms with Crippen LogP contribution in [-0.2, 0) is 6.54 Å². The average molecular weight is 292 g/mol. The van der Waals surface area contributed by atoms with Gasteiger partial charge in [0.2, 0.25) is 11.7 Å². The lowest BCUT2D eigenvalue weighted by Crippen LogP contribution is -2.45. The first-order valence-electron chi connectivity index (χ1n) is 7.07. The molecule has 0 amide bonds. The smallest absolute Gasteiger partial charge is 0.241 e. The fourth-order valence-electron chi connectivity index (χ4n) is 2.75. The molecule has 2 aromatic heterocycles. The molecule has 1 aliphatic rings. The number of hydrogen-bond acceptors (Lipinski definition) is 6. The van der Waals surface area contributed by atoms with Gasteiger partial charge in [-0.2, -0.15) is 4.98 Å². The molecule has 2 atom stereocenters. The molecule has 5 nitrogen and oxygen atoms in total. The maximum Gasteiger partial charge on any atom is 0.241 e. The highest BCUT2D eigenvalue weighted by Crippen LogP contribution is 2.25. The lowest BCUT2D eigenvalue weighted by Gasteiger charge is -2.36. The molecular weight excluding hydrogens is 272 g/mol. The molecule has 3 rings (SSSR count). The van der Waals surface area contributed by atoms with Crippen LogP contribution in [0.4, 0.5) is 0 Å². The van der Waals surface area contributed by atoms with Gasteiger partial charge in [0.05, 0.1) is 11.4 Å². The quantitative estimate of drug-likeness (QED) is 0.937. The first-order valence-corrected chi connectivity index (χ1v) is 7.95. The standard InChI is InChI=1S/C14H20N4OS/c1-10-4-5-18(11(7-10)8-15)9-13-16-14(17-19-13)12-3-2-6-20-12/h2-3,6,10-11H,4-5,7-9,15H2,1H3. The molecule has 0 radical (unpaired) electrons. The molecule has 1 fully saturated rings. The predicted octanol–water partition coefficient (Wildman–Crippen LogP) is 2.36. The number of nitrogens with zero attached hydrogens (tertiary/aromatic N) is 3. The summed E-state index contributed by atoms with van der Waals surface area (Å²) in [6.07, 6.45) is 2.37. The van der Waals surface area contributed by atoms with Gasteiger partial charge in [0.15, 0.2) is 0 Å². The number of thiophene rings is 1. The summed E-state index contributed by atoms with van der Waals surface area (Å²) >= 11 is 1.62. The molecule has 108 valence electrons. The van der Waals surface area contributed by atoms with E-state index in [-0.39, 0.29) is 0 Å². The van der Waals surface area contributed by atoms with Gasteiger partial charge in [-0.05, 0) is 36.8 Å². The number of piperidine rings is 1. The highest BCUT2D eigenvalue weighted by Gasteiger charge is 2.26. The van der Waals surface area contributed by atoms with Crippen LogP contribution in [0.25, 0.3) is 10.7 Å². The number of aromatic nitrogens is 2. The third kappa shape index (κ3) is 2.92. The number of rotatable bonds is 4. The lowest BCUT2D eigenvalue weighted by molar-refractivity contribution is 0.102. The molecule has 1 saturated heterocycles. The second-order valence-corrected chi connectivity index (χ2v) is 6.43. The molecule has 2 aromatic rings. The van der Waals surface area contributed by atoms with Crippen LogP contribution in [-0.4, -0.2) is 34.2 Å². The third-order valence-electron chi connectivity index (χ3n) is 3.92. The van der Waals surface area contributed by atoms with Crippen molar-refractivity contribution in [3.63, 3.8) is 0 Å². The van der Waals surface area contributed by atoms with Gasteiger partial charge in [-0.1, -0.05) is 18.1 Å². The third-order valence-corrected chi connectivity index (χ3v) is 4.79. The molecule has 0 aromatic carbocycles. The van der Waals surface area contributed by atoms with Crippen LogP contribution < -0.4 is 5.73 Å². The van der Waals surface area contributed by atoms with E-state index in [1.54, 1.807) is 11.3 Å². The SMILES string of the molecule is CC1CCN(Cc2nc(-c3cccs3)no2)C(CN)C1. The molecule has 3 heterocycles. The number of hydrogen-bond donors (Lipinski definition) is 1. The van der Waals surface area contributed by atoms with Gasteiger partial charge < -0.3 is 10.3 Å². The van der Waals surface area contributed by atoms with Gasteiger partial charge >= 0.3 is 0 Å². The van der Waals surface area contributed by atoms with E-state index in [1.165, 1.54) is 6.42 Å². The van der Waals surface area contributed by atoms with Gasteiger partial charge in [0, 0.05) is 12.6 Å². The van der Waals surface area contributed by atoms with E-state index in [0.29, 0.717) is 30.8 Å². The molecule has 6 heteroatoms. The number of nitrogens with two attached hydrogens (primary N) is 1. The van der Waals surface area contributed by atoms with E-state index >= 15 is 0 Å². The Kier molecular flexibility index (Phi) is 4.14. The first kappa shape index (κ1) is 13.7. The van der Waals surface area contributed by atoms with Gasteiger partial charge in [0.25, 0.3) is 0 Å². The van der Waals surface area contributed by atoms with E-state index in [9.17, 15) is 0 Å². The van der Waals surface area contributed by atoms with Crippen LogP contribution >= 0.6 is 11.3 Å². The highest BCUT2D eigenvalue weighted by molar-refractivity contribution is 7.13. The summed E-state index contributed by atoms with van der Waals surface area (Å²) < 4.78 is 5.37. The second kappa shape index (κ2) is 6.03. The molecule has 0 bridgehead atoms. The summed E-state index contributed by atoms with van der Waals surface area (Å²) in [5.74, 6) is 2.12. The van der Waals surface area contributed by atoms with E-state index < -0.39 is 0 Å². The lowest BCUT2D eigenvalue weighted by atomic mass is 9.92. The second-order valence-electron chi connectivity index (χ2n) is 5.48. The van der Waals surface area contributed by atoms with E-state index in [2.05, 4.69) is 22.0 Å². The molecule has 0 saturated carbocycles. The van der Waals surface area contributed by atoms with Crippen molar-refractivity contribution < 1.29 is 4.52 Å². The predicted molar refractivity (Wildman–Crippen MR) is 79.3 cm³/mol. The summed E-state index contributed by atoms with van der Waals surface area (Å²) in [4.78, 5) is 7.90. The van der Waals surface area contributed by atoms with E-state index in [0.717, 1.165) is 23.8 Å². The summed E-state index contributed by atoms with van der Waals surface area (Å²) in [6.45, 7) is 4.74. The fourth-order valence-corrected chi connectivity index (χ4v) is 3.40. The molecule has 0 spiro atoms. The molecule has 2 N–H and O–H groups in total.